The molecule has 1 saturated heterocycles. The van der Waals surface area contributed by atoms with Gasteiger partial charge in [0, 0.05) is 0 Å². The molecule has 9 heteroatoms. The predicted molar refractivity (Wildman–Crippen MR) is 98.6 cm³/mol. The molecule has 26 heavy (non-hydrogen) atoms. The molecule has 2 heterocycles. The van der Waals surface area contributed by atoms with Crippen LogP contribution in [-0.2, 0) is 9.47 Å². The maximum absolute atomic E-state index is 12.3. The molecule has 2 rings (SSSR count). The maximum atomic E-state index is 12.3. The Morgan fingerprint density at radius 1 is 1.46 bits per heavy atom. The number of nitrogen functional groups attached to an aromatic ring is 1. The molecule has 0 spiro atoms. The fourth-order valence-corrected chi connectivity index (χ4v) is 3.79. The number of nitrogens with two attached hydrogens (primary N) is 1. The van der Waals surface area contributed by atoms with Crippen LogP contribution in [0.5, 0.6) is 0 Å². The van der Waals surface area contributed by atoms with E-state index in [1.807, 2.05) is 13.8 Å². The first-order valence-electron chi connectivity index (χ1n) is 8.96. The van der Waals surface area contributed by atoms with E-state index in [0.29, 0.717) is 13.0 Å². The van der Waals surface area contributed by atoms with Gasteiger partial charge < -0.3 is 0 Å². The number of unbranched alkanes of at least 4 members (excludes halogenated alkanes) is 2. The van der Waals surface area contributed by atoms with Crippen LogP contribution in [0.25, 0.3) is 0 Å². The van der Waals surface area contributed by atoms with E-state index >= 15 is 0 Å². The van der Waals surface area contributed by atoms with Crippen molar-refractivity contribution in [3.8, 4) is 0 Å². The first-order chi connectivity index (χ1) is 12.3. The van der Waals surface area contributed by atoms with Crippen LogP contribution in [0.3, 0.4) is 0 Å². The van der Waals surface area contributed by atoms with Crippen molar-refractivity contribution in [2.75, 3.05) is 12.3 Å². The van der Waals surface area contributed by atoms with Gasteiger partial charge in [-0.15, -0.1) is 0 Å². The van der Waals surface area contributed by atoms with Crippen LogP contribution in [0.2, 0.25) is 0 Å². The van der Waals surface area contributed by atoms with E-state index in [-0.39, 0.29) is 9.52 Å². The number of aliphatic hydroxyl groups excluding tert-OH is 1. The summed E-state index contributed by atoms with van der Waals surface area (Å²) in [5, 5.41) is 21.7. The molecule has 4 N–H and O–H groups in total. The molecule has 0 amide bonds. The number of hydrogen-bond donors (Lipinski definition) is 3. The summed E-state index contributed by atoms with van der Waals surface area (Å²) in [7, 11) is 0. The Morgan fingerprint density at radius 3 is 2.73 bits per heavy atom. The number of aliphatic hydroxyl groups is 2. The van der Waals surface area contributed by atoms with Gasteiger partial charge in [-0.25, -0.2) is 0 Å². The van der Waals surface area contributed by atoms with E-state index in [1.165, 1.54) is 16.8 Å². The molecular weight excluding hydrogens is 445 g/mol. The van der Waals surface area contributed by atoms with Gasteiger partial charge >= 0.3 is 166 Å². The molecule has 0 unspecified atom stereocenters. The van der Waals surface area contributed by atoms with Crippen molar-refractivity contribution in [2.45, 2.75) is 70.0 Å². The third kappa shape index (κ3) is 4.46. The van der Waals surface area contributed by atoms with Gasteiger partial charge in [0.2, 0.25) is 0 Å². The summed E-state index contributed by atoms with van der Waals surface area (Å²) in [5.74, 6) is 0.100. The molecule has 0 bridgehead atoms. The Labute approximate surface area is 165 Å². The van der Waals surface area contributed by atoms with Crippen molar-refractivity contribution in [1.82, 2.24) is 9.55 Å². The van der Waals surface area contributed by atoms with E-state index in [4.69, 9.17) is 15.2 Å². The zero-order valence-electron chi connectivity index (χ0n) is 15.2. The number of aromatic nitrogens is 2. The number of hydrogen-bond acceptors (Lipinski definition) is 7. The number of anilines is 1. The second-order valence-corrected chi connectivity index (χ2v) is 8.04. The molecule has 1 aliphatic rings. The molecule has 2 radical (unpaired) electrons. The molecule has 0 aromatic carbocycles. The molecular formula is C17H27N3O5Sn. The summed E-state index contributed by atoms with van der Waals surface area (Å²) >= 11 is 0.775. The molecule has 1 aliphatic heterocycles. The van der Waals surface area contributed by atoms with Gasteiger partial charge in [0.25, 0.3) is 0 Å². The van der Waals surface area contributed by atoms with Crippen LogP contribution < -0.4 is 11.4 Å². The Hall–Kier alpha value is -0.971. The van der Waals surface area contributed by atoms with Gasteiger partial charge in [0.1, 0.15) is 0 Å². The minimum absolute atomic E-state index is 0.0903. The zero-order chi connectivity index (χ0) is 19.3. The van der Waals surface area contributed by atoms with Gasteiger partial charge in [-0.3, -0.25) is 0 Å². The molecule has 1 fully saturated rings. The van der Waals surface area contributed by atoms with Crippen molar-refractivity contribution in [3.05, 3.63) is 22.7 Å². The minimum atomic E-state index is -1.46. The summed E-state index contributed by atoms with van der Waals surface area (Å²) in [4.78, 5) is 16.0. The summed E-state index contributed by atoms with van der Waals surface area (Å²) in [6.07, 6.45) is 2.65. The molecule has 1 aromatic rings. The molecule has 0 saturated carbocycles. The first-order valence-corrected chi connectivity index (χ1v) is 10.4. The molecule has 1 aromatic heterocycles. The molecule has 8 nitrogen and oxygen atoms in total. The fraction of sp³-hybridized carbons (Fsp3) is 0.706. The van der Waals surface area contributed by atoms with Crippen molar-refractivity contribution >= 4 is 31.6 Å². The normalized spacial score (nSPS) is 28.3. The summed E-state index contributed by atoms with van der Waals surface area (Å²) in [6.45, 7) is 4.51. The second kappa shape index (κ2) is 9.29. The number of ether oxygens (including phenoxy) is 2. The van der Waals surface area contributed by atoms with E-state index in [1.54, 1.807) is 0 Å². The van der Waals surface area contributed by atoms with E-state index in [0.717, 1.165) is 47.7 Å². The topological polar surface area (TPSA) is 120 Å². The van der Waals surface area contributed by atoms with Gasteiger partial charge in [-0.05, 0) is 0 Å². The Kier molecular flexibility index (Phi) is 7.62. The van der Waals surface area contributed by atoms with Crippen molar-refractivity contribution in [1.29, 1.82) is 0 Å². The third-order valence-electron chi connectivity index (χ3n) is 4.57. The number of nitrogens with zero attached hydrogens (tertiary/aromatic N) is 2. The van der Waals surface area contributed by atoms with E-state index in [2.05, 4.69) is 4.98 Å². The monoisotopic (exact) mass is 473 g/mol. The van der Waals surface area contributed by atoms with Crippen LogP contribution in [0.4, 0.5) is 5.82 Å². The van der Waals surface area contributed by atoms with Crippen LogP contribution >= 0.6 is 0 Å². The number of rotatable bonds is 9. The summed E-state index contributed by atoms with van der Waals surface area (Å²) in [6, 6.07) is 1.48. The third-order valence-corrected chi connectivity index (χ3v) is 5.38. The first kappa shape index (κ1) is 21.3. The average Bonchev–Trinajstić information content (AvgIpc) is 2.87. The molecule has 144 valence electrons. The average molecular weight is 472 g/mol. The van der Waals surface area contributed by atoms with E-state index in [9.17, 15) is 15.0 Å². The van der Waals surface area contributed by atoms with Crippen molar-refractivity contribution in [2.24, 2.45) is 0 Å². The quantitative estimate of drug-likeness (QED) is 0.354. The van der Waals surface area contributed by atoms with E-state index < -0.39 is 29.7 Å². The van der Waals surface area contributed by atoms with Gasteiger partial charge in [0.15, 0.2) is 0 Å². The Balaban J connectivity index is 2.44. The van der Waals surface area contributed by atoms with Gasteiger partial charge in [-0.1, -0.05) is 0 Å². The second-order valence-electron chi connectivity index (χ2n) is 6.58. The van der Waals surface area contributed by atoms with Gasteiger partial charge in [-0.2, -0.15) is 0 Å². The SMILES string of the molecule is CCCCO[C@@H]1[C@@H]([C](O)=[Sn])O[C@@H](n2ccc(N)nc2=O)[C@@]1(O)CCCC. The zero-order valence-corrected chi connectivity index (χ0v) is 18.1. The van der Waals surface area contributed by atoms with Gasteiger partial charge in [0.05, 0.1) is 0 Å². The predicted octanol–water partition coefficient (Wildman–Crippen LogP) is 0.500. The molecule has 4 atom stereocenters. The Morgan fingerprint density at radius 2 is 2.15 bits per heavy atom. The van der Waals surface area contributed by atoms with Crippen LogP contribution in [0, 0.1) is 0 Å². The van der Waals surface area contributed by atoms with Crippen molar-refractivity contribution < 1.29 is 19.7 Å². The van der Waals surface area contributed by atoms with Crippen LogP contribution in [0.1, 0.15) is 52.2 Å². The summed E-state index contributed by atoms with van der Waals surface area (Å²) < 4.78 is 13.2. The Bertz CT molecular complexity index is 683. The van der Waals surface area contributed by atoms with Crippen LogP contribution in [0.15, 0.2) is 17.1 Å². The standard InChI is InChI=1S/C17H27N3O5.Sn/c1-3-5-8-17(23)14(24-10-6-4-2)12(11-21)25-15(17)20-9-7-13(18)19-16(20)22;/h7,9,12,14-15,21,23H,3-6,8,10H2,1-2H3,(H2,18,19,22);/t12-,14-,15-,17-;/m1./s1. The van der Waals surface area contributed by atoms with Crippen LogP contribution in [-0.4, -0.2) is 69.9 Å². The van der Waals surface area contributed by atoms with Crippen molar-refractivity contribution in [3.63, 3.8) is 0 Å². The fourth-order valence-electron chi connectivity index (χ4n) is 3.16. The molecule has 0 aliphatic carbocycles. The summed E-state index contributed by atoms with van der Waals surface area (Å²) in [5.41, 5.74) is 3.50.